The van der Waals surface area contributed by atoms with Crippen LogP contribution < -0.4 is 4.90 Å². The number of carbonyl (C=O) groups excluding carboxylic acids is 1. The predicted octanol–water partition coefficient (Wildman–Crippen LogP) is 3.93. The summed E-state index contributed by atoms with van der Waals surface area (Å²) in [5.41, 5.74) is 0.702. The number of carbonyl (C=O) groups is 1. The van der Waals surface area contributed by atoms with Gasteiger partial charge in [-0.15, -0.1) is 0 Å². The Kier molecular flexibility index (Phi) is 5.33. The van der Waals surface area contributed by atoms with Gasteiger partial charge in [-0.1, -0.05) is 19.9 Å². The van der Waals surface area contributed by atoms with Gasteiger partial charge in [-0.2, -0.15) is 0 Å². The first-order valence-electron chi connectivity index (χ1n) is 6.91. The molecule has 1 aliphatic heterocycles. The topological polar surface area (TPSA) is 42.4 Å². The summed E-state index contributed by atoms with van der Waals surface area (Å²) in [7, 11) is 0. The normalized spacial score (nSPS) is 17.9. The molecule has 0 N–H and O–H groups in total. The maximum absolute atomic E-state index is 12.0. The van der Waals surface area contributed by atoms with Crippen LogP contribution in [0.3, 0.4) is 0 Å². The summed E-state index contributed by atoms with van der Waals surface area (Å²) in [5.74, 6) is 0.665. The molecule has 0 aliphatic carbocycles. The fourth-order valence-electron chi connectivity index (χ4n) is 1.92. The molecule has 1 aliphatic rings. The monoisotopic (exact) mass is 264 g/mol. The van der Waals surface area contributed by atoms with Crippen molar-refractivity contribution in [2.24, 2.45) is 0 Å². The van der Waals surface area contributed by atoms with E-state index < -0.39 is 0 Å². The van der Waals surface area contributed by atoms with Gasteiger partial charge in [-0.05, 0) is 45.2 Å². The Balaban J connectivity index is 0.000000861. The molecule has 1 aromatic heterocycles. The van der Waals surface area contributed by atoms with Crippen LogP contribution >= 0.6 is 0 Å². The second-order valence-electron chi connectivity index (χ2n) is 5.08. The molecule has 2 rings (SSSR count). The van der Waals surface area contributed by atoms with E-state index >= 15 is 0 Å². The van der Waals surface area contributed by atoms with Crippen molar-refractivity contribution < 1.29 is 9.53 Å². The van der Waals surface area contributed by atoms with E-state index in [4.69, 9.17) is 4.74 Å². The van der Waals surface area contributed by atoms with Gasteiger partial charge in [-0.3, -0.25) is 4.90 Å². The molecule has 0 bridgehead atoms. The first kappa shape index (κ1) is 15.5. The van der Waals surface area contributed by atoms with Crippen LogP contribution in [0.1, 0.15) is 46.1 Å². The lowest BCUT2D eigenvalue weighted by Gasteiger charge is -2.24. The SMILES string of the molecule is CC.Cc1ccc(N2CCCC(C)(C)OC2=O)nc1. The summed E-state index contributed by atoms with van der Waals surface area (Å²) in [5, 5.41) is 0. The van der Waals surface area contributed by atoms with Crippen molar-refractivity contribution >= 4 is 11.9 Å². The largest absolute Gasteiger partial charge is 0.443 e. The van der Waals surface area contributed by atoms with Crippen LogP contribution in [-0.4, -0.2) is 23.2 Å². The molecular formula is C15H24N2O2. The van der Waals surface area contributed by atoms with E-state index in [2.05, 4.69) is 4.98 Å². The number of anilines is 1. The zero-order chi connectivity index (χ0) is 14.5. The van der Waals surface area contributed by atoms with Crippen molar-refractivity contribution in [1.29, 1.82) is 0 Å². The van der Waals surface area contributed by atoms with E-state index in [-0.39, 0.29) is 11.7 Å². The molecule has 0 unspecified atom stereocenters. The number of amides is 1. The summed E-state index contributed by atoms with van der Waals surface area (Å²) in [6.45, 7) is 10.5. The van der Waals surface area contributed by atoms with Crippen molar-refractivity contribution in [3.8, 4) is 0 Å². The molecule has 1 amide bonds. The van der Waals surface area contributed by atoms with E-state index in [1.165, 1.54) is 0 Å². The molecule has 0 aromatic carbocycles. The molecule has 0 spiro atoms. The maximum atomic E-state index is 12.0. The minimum atomic E-state index is -0.378. The molecule has 1 fully saturated rings. The van der Waals surface area contributed by atoms with Crippen molar-refractivity contribution in [3.63, 3.8) is 0 Å². The molecule has 0 radical (unpaired) electrons. The van der Waals surface area contributed by atoms with E-state index in [1.54, 1.807) is 11.1 Å². The van der Waals surface area contributed by atoms with Crippen LogP contribution in [-0.2, 0) is 4.74 Å². The van der Waals surface area contributed by atoms with Gasteiger partial charge in [0.2, 0.25) is 0 Å². The highest BCUT2D eigenvalue weighted by atomic mass is 16.6. The molecule has 4 heteroatoms. The van der Waals surface area contributed by atoms with Gasteiger partial charge in [0.1, 0.15) is 11.4 Å². The zero-order valence-electron chi connectivity index (χ0n) is 12.6. The minimum Gasteiger partial charge on any atom is -0.443 e. The number of hydrogen-bond donors (Lipinski definition) is 0. The average Bonchev–Trinajstić information content (AvgIpc) is 2.50. The van der Waals surface area contributed by atoms with Gasteiger partial charge in [-0.25, -0.2) is 9.78 Å². The third-order valence-electron chi connectivity index (χ3n) is 2.92. The standard InChI is InChI=1S/C13H18N2O2.C2H6/c1-10-5-6-11(14-9-10)15-8-4-7-13(2,3)17-12(15)16;1-2/h5-6,9H,4,7-8H2,1-3H3;1-2H3. The number of ether oxygens (including phenoxy) is 1. The maximum Gasteiger partial charge on any atom is 0.416 e. The molecule has 19 heavy (non-hydrogen) atoms. The van der Waals surface area contributed by atoms with Crippen LogP contribution in [0.4, 0.5) is 10.6 Å². The highest BCUT2D eigenvalue weighted by Gasteiger charge is 2.31. The molecule has 1 aromatic rings. The number of rotatable bonds is 1. The Morgan fingerprint density at radius 2 is 2.00 bits per heavy atom. The lowest BCUT2D eigenvalue weighted by molar-refractivity contribution is 0.0449. The molecule has 4 nitrogen and oxygen atoms in total. The third kappa shape index (κ3) is 4.23. The van der Waals surface area contributed by atoms with Crippen LogP contribution in [0.5, 0.6) is 0 Å². The van der Waals surface area contributed by atoms with E-state index in [0.717, 1.165) is 18.4 Å². The third-order valence-corrected chi connectivity index (χ3v) is 2.92. The Morgan fingerprint density at radius 3 is 2.58 bits per heavy atom. The predicted molar refractivity (Wildman–Crippen MR) is 77.5 cm³/mol. The lowest BCUT2D eigenvalue weighted by Crippen LogP contribution is -2.34. The molecule has 2 heterocycles. The zero-order valence-corrected chi connectivity index (χ0v) is 12.6. The molecule has 0 atom stereocenters. The van der Waals surface area contributed by atoms with Crippen molar-refractivity contribution in [2.75, 3.05) is 11.4 Å². The fourth-order valence-corrected chi connectivity index (χ4v) is 1.92. The number of cyclic esters (lactones) is 1. The quantitative estimate of drug-likeness (QED) is 0.771. The Hall–Kier alpha value is -1.58. The lowest BCUT2D eigenvalue weighted by atomic mass is 10.0. The Morgan fingerprint density at radius 1 is 1.32 bits per heavy atom. The minimum absolute atomic E-state index is 0.302. The van der Waals surface area contributed by atoms with E-state index in [1.807, 2.05) is 46.8 Å². The number of pyridine rings is 1. The van der Waals surface area contributed by atoms with E-state index in [9.17, 15) is 4.79 Å². The summed E-state index contributed by atoms with van der Waals surface area (Å²) in [6.07, 6.45) is 3.26. The number of hydrogen-bond acceptors (Lipinski definition) is 3. The summed E-state index contributed by atoms with van der Waals surface area (Å²) >= 11 is 0. The second kappa shape index (κ2) is 6.55. The Bertz CT molecular complexity index is 413. The first-order chi connectivity index (χ1) is 8.98. The van der Waals surface area contributed by atoms with Gasteiger partial charge in [0.15, 0.2) is 0 Å². The molecule has 0 saturated carbocycles. The average molecular weight is 264 g/mol. The van der Waals surface area contributed by atoms with Crippen molar-refractivity contribution in [1.82, 2.24) is 4.98 Å². The van der Waals surface area contributed by atoms with Gasteiger partial charge in [0.25, 0.3) is 0 Å². The van der Waals surface area contributed by atoms with Crippen molar-refractivity contribution in [2.45, 2.75) is 53.1 Å². The van der Waals surface area contributed by atoms with Gasteiger partial charge in [0.05, 0.1) is 0 Å². The highest BCUT2D eigenvalue weighted by molar-refractivity contribution is 5.86. The molecule has 106 valence electrons. The van der Waals surface area contributed by atoms with Crippen molar-refractivity contribution in [3.05, 3.63) is 23.9 Å². The van der Waals surface area contributed by atoms with Gasteiger partial charge < -0.3 is 4.74 Å². The number of aryl methyl sites for hydroxylation is 1. The van der Waals surface area contributed by atoms with Crippen LogP contribution in [0.25, 0.3) is 0 Å². The van der Waals surface area contributed by atoms with Crippen LogP contribution in [0.15, 0.2) is 18.3 Å². The first-order valence-corrected chi connectivity index (χ1v) is 6.91. The molecular weight excluding hydrogens is 240 g/mol. The summed E-state index contributed by atoms with van der Waals surface area (Å²) in [6, 6.07) is 3.81. The fraction of sp³-hybridized carbons (Fsp3) is 0.600. The molecule has 1 saturated heterocycles. The Labute approximate surface area is 115 Å². The number of nitrogens with zero attached hydrogens (tertiary/aromatic N) is 2. The van der Waals surface area contributed by atoms with Gasteiger partial charge in [0, 0.05) is 12.7 Å². The van der Waals surface area contributed by atoms with E-state index in [0.29, 0.717) is 12.4 Å². The van der Waals surface area contributed by atoms with Crippen LogP contribution in [0, 0.1) is 6.92 Å². The summed E-state index contributed by atoms with van der Waals surface area (Å²) in [4.78, 5) is 17.9. The van der Waals surface area contributed by atoms with Crippen LogP contribution in [0.2, 0.25) is 0 Å². The smallest absolute Gasteiger partial charge is 0.416 e. The second-order valence-corrected chi connectivity index (χ2v) is 5.08. The summed E-state index contributed by atoms with van der Waals surface area (Å²) < 4.78 is 5.44. The highest BCUT2D eigenvalue weighted by Crippen LogP contribution is 2.25. The number of aromatic nitrogens is 1. The van der Waals surface area contributed by atoms with Gasteiger partial charge >= 0.3 is 6.09 Å².